The molecule has 0 bridgehead atoms. The molecule has 16 heavy (non-hydrogen) atoms. The van der Waals surface area contributed by atoms with E-state index in [0.717, 1.165) is 12.1 Å². The van der Waals surface area contributed by atoms with Crippen molar-refractivity contribution in [2.75, 3.05) is 13.1 Å². The Balaban J connectivity index is 0.00000112. The van der Waals surface area contributed by atoms with Crippen LogP contribution in [0.1, 0.15) is 26.2 Å². The number of hydrogen-bond donors (Lipinski definition) is 0. The molecule has 0 aromatic carbocycles. The number of rotatable bonds is 1. The van der Waals surface area contributed by atoms with Crippen LogP contribution in [0.4, 0.5) is 0 Å². The Bertz CT molecular complexity index is 350. The number of likely N-dealkylation sites (tertiary alicyclic amines) is 1. The molecule has 1 aliphatic heterocycles. The van der Waals surface area contributed by atoms with Crippen LogP contribution in [0.3, 0.4) is 0 Å². The second-order valence-corrected chi connectivity index (χ2v) is 3.96. The summed E-state index contributed by atoms with van der Waals surface area (Å²) < 4.78 is 0. The summed E-state index contributed by atoms with van der Waals surface area (Å²) in [5, 5.41) is 0. The molecule has 1 fully saturated rings. The number of allylic oxidation sites excluding steroid dienone is 3. The largest absolute Gasteiger partial charge is 2.00 e. The third-order valence-corrected chi connectivity index (χ3v) is 2.89. The van der Waals surface area contributed by atoms with Crippen LogP contribution in [0, 0.1) is 0 Å². The summed E-state index contributed by atoms with van der Waals surface area (Å²) in [6.07, 6.45) is 7.34. The third-order valence-electron chi connectivity index (χ3n) is 2.89. The van der Waals surface area contributed by atoms with Gasteiger partial charge in [-0.1, -0.05) is 0 Å². The van der Waals surface area contributed by atoms with Gasteiger partial charge in [0.2, 0.25) is 0 Å². The van der Waals surface area contributed by atoms with E-state index < -0.39 is 0 Å². The molecule has 0 radical (unpaired) electrons. The molecule has 2 aliphatic rings. The summed E-state index contributed by atoms with van der Waals surface area (Å²) in [6.45, 7) is 4.45. The van der Waals surface area contributed by atoms with Crippen molar-refractivity contribution in [3.8, 4) is 0 Å². The molecule has 0 aromatic heterocycles. The van der Waals surface area contributed by atoms with Gasteiger partial charge < -0.3 is 22.8 Å². The van der Waals surface area contributed by atoms with Gasteiger partial charge in [-0.05, 0) is 31.4 Å². The van der Waals surface area contributed by atoms with Crippen molar-refractivity contribution in [3.63, 3.8) is 0 Å². The maximum atomic E-state index is 8.66. The Morgan fingerprint density at radius 3 is 2.38 bits per heavy atom. The molecule has 0 spiro atoms. The fourth-order valence-corrected chi connectivity index (χ4v) is 2.14. The standard InChI is InChI=1S/C11H15N3.ClH.Zn/c1-9-8-10(13-12)4-5-11(9)14-6-2-3-7-14;;/h4-5H,2-3,6-8H2,1H3;1H;/q;;+2/p-1. The van der Waals surface area contributed by atoms with E-state index in [-0.39, 0.29) is 31.9 Å². The van der Waals surface area contributed by atoms with Crippen LogP contribution in [-0.4, -0.2) is 28.5 Å². The van der Waals surface area contributed by atoms with Gasteiger partial charge in [-0.25, -0.2) is 0 Å². The van der Waals surface area contributed by atoms with Crippen LogP contribution in [-0.2, 0) is 19.5 Å². The smallest absolute Gasteiger partial charge is 1.00 e. The zero-order valence-electron chi connectivity index (χ0n) is 9.62. The van der Waals surface area contributed by atoms with E-state index in [1.807, 2.05) is 6.08 Å². The van der Waals surface area contributed by atoms with Crippen molar-refractivity contribution in [1.29, 1.82) is 0 Å². The maximum Gasteiger partial charge on any atom is 2.00 e. The van der Waals surface area contributed by atoms with E-state index in [1.54, 1.807) is 0 Å². The van der Waals surface area contributed by atoms with Crippen molar-refractivity contribution in [2.24, 2.45) is 0 Å². The third kappa shape index (κ3) is 3.28. The first kappa shape index (κ1) is 15.6. The Hall–Kier alpha value is -0.427. The molecule has 1 aliphatic carbocycles. The van der Waals surface area contributed by atoms with Crippen LogP contribution in [0.2, 0.25) is 0 Å². The van der Waals surface area contributed by atoms with Crippen LogP contribution in [0.15, 0.2) is 23.4 Å². The molecule has 1 saturated heterocycles. The van der Waals surface area contributed by atoms with Gasteiger partial charge in [0.1, 0.15) is 0 Å². The van der Waals surface area contributed by atoms with Crippen LogP contribution in [0.5, 0.6) is 0 Å². The Morgan fingerprint density at radius 1 is 1.25 bits per heavy atom. The summed E-state index contributed by atoms with van der Waals surface area (Å²) in [4.78, 5) is 5.65. The van der Waals surface area contributed by atoms with Crippen molar-refractivity contribution in [1.82, 2.24) is 4.90 Å². The van der Waals surface area contributed by atoms with Gasteiger partial charge in [0.25, 0.3) is 5.71 Å². The van der Waals surface area contributed by atoms with Gasteiger partial charge in [0.05, 0.1) is 6.42 Å². The summed E-state index contributed by atoms with van der Waals surface area (Å²) in [6, 6.07) is 0. The van der Waals surface area contributed by atoms with Crippen LogP contribution in [0.25, 0.3) is 5.53 Å². The van der Waals surface area contributed by atoms with E-state index in [4.69, 9.17) is 5.53 Å². The Kier molecular flexibility index (Phi) is 6.82. The van der Waals surface area contributed by atoms with Crippen LogP contribution >= 0.6 is 0 Å². The molecule has 5 heteroatoms. The first-order chi connectivity index (χ1) is 6.81. The molecule has 0 N–H and O–H groups in total. The minimum Gasteiger partial charge on any atom is -1.00 e. The quantitative estimate of drug-likeness (QED) is 0.346. The van der Waals surface area contributed by atoms with Crippen LogP contribution < -0.4 is 12.4 Å². The zero-order chi connectivity index (χ0) is 9.97. The average Bonchev–Trinajstić information content (AvgIpc) is 2.70. The number of nitrogens with zero attached hydrogens (tertiary/aromatic N) is 3. The van der Waals surface area contributed by atoms with E-state index in [2.05, 4.69) is 22.7 Å². The fraction of sp³-hybridized carbons (Fsp3) is 0.545. The second kappa shape index (κ2) is 7.01. The maximum absolute atomic E-state index is 8.66. The topological polar surface area (TPSA) is 39.6 Å². The van der Waals surface area contributed by atoms with Crippen molar-refractivity contribution in [2.45, 2.75) is 26.2 Å². The van der Waals surface area contributed by atoms with Gasteiger partial charge in [-0.3, -0.25) is 0 Å². The van der Waals surface area contributed by atoms with E-state index in [0.29, 0.717) is 0 Å². The molecule has 3 nitrogen and oxygen atoms in total. The van der Waals surface area contributed by atoms with Gasteiger partial charge >= 0.3 is 19.5 Å². The molecule has 0 saturated carbocycles. The van der Waals surface area contributed by atoms with Gasteiger partial charge in [0.15, 0.2) is 0 Å². The minimum absolute atomic E-state index is 0. The Labute approximate surface area is 115 Å². The monoisotopic (exact) mass is 288 g/mol. The van der Waals surface area contributed by atoms with Gasteiger partial charge in [-0.15, -0.1) is 0 Å². The second-order valence-electron chi connectivity index (χ2n) is 3.96. The van der Waals surface area contributed by atoms with E-state index >= 15 is 0 Å². The predicted molar refractivity (Wildman–Crippen MR) is 55.9 cm³/mol. The molecular weight excluding hydrogens is 275 g/mol. The SMILES string of the molecule is CC1=C(N2CCCC2)C=CC(=[N+]=[N-])C1.[Cl-].[Zn+2]. The van der Waals surface area contributed by atoms with E-state index in [1.165, 1.54) is 37.2 Å². The molecule has 0 unspecified atom stereocenters. The molecule has 2 rings (SSSR count). The molecular formula is C11H15ClN3Zn+. The zero-order valence-corrected chi connectivity index (χ0v) is 13.3. The summed E-state index contributed by atoms with van der Waals surface area (Å²) in [5.41, 5.74) is 12.1. The van der Waals surface area contributed by atoms with Gasteiger partial charge in [0, 0.05) is 24.9 Å². The molecule has 0 amide bonds. The molecule has 0 aromatic rings. The fourth-order valence-electron chi connectivity index (χ4n) is 2.14. The summed E-state index contributed by atoms with van der Waals surface area (Å²) >= 11 is 0. The molecule has 0 atom stereocenters. The summed E-state index contributed by atoms with van der Waals surface area (Å²) in [7, 11) is 0. The van der Waals surface area contributed by atoms with Crippen molar-refractivity contribution in [3.05, 3.63) is 29.0 Å². The normalized spacial score (nSPS) is 19.1. The first-order valence-corrected chi connectivity index (χ1v) is 5.15. The van der Waals surface area contributed by atoms with E-state index in [9.17, 15) is 0 Å². The van der Waals surface area contributed by atoms with Gasteiger partial charge in [-0.2, -0.15) is 4.79 Å². The minimum atomic E-state index is 0. The average molecular weight is 290 g/mol. The first-order valence-electron chi connectivity index (χ1n) is 5.15. The molecule has 1 heterocycles. The molecule has 82 valence electrons. The number of halogens is 1. The predicted octanol–water partition coefficient (Wildman–Crippen LogP) is -1.01. The Morgan fingerprint density at radius 2 is 1.88 bits per heavy atom. The van der Waals surface area contributed by atoms with Crippen molar-refractivity contribution >= 4 is 5.71 Å². The summed E-state index contributed by atoms with van der Waals surface area (Å²) in [5.74, 6) is 0. The number of hydrogen-bond acceptors (Lipinski definition) is 1. The van der Waals surface area contributed by atoms with Crippen molar-refractivity contribution < 1.29 is 36.7 Å².